The van der Waals surface area contributed by atoms with E-state index < -0.39 is 15.9 Å². The fourth-order valence-electron chi connectivity index (χ4n) is 3.91. The van der Waals surface area contributed by atoms with E-state index in [-0.39, 0.29) is 22.4 Å². The second-order valence-corrected chi connectivity index (χ2v) is 9.60. The van der Waals surface area contributed by atoms with Crippen LogP contribution < -0.4 is 9.62 Å². The van der Waals surface area contributed by atoms with Crippen molar-refractivity contribution >= 4 is 55.6 Å². The molecule has 2 amide bonds. The molecule has 0 bridgehead atoms. The number of benzene rings is 3. The van der Waals surface area contributed by atoms with Crippen molar-refractivity contribution in [1.29, 1.82) is 0 Å². The maximum absolute atomic E-state index is 13.0. The van der Waals surface area contributed by atoms with Gasteiger partial charge in [0, 0.05) is 24.2 Å². The van der Waals surface area contributed by atoms with E-state index in [4.69, 9.17) is 11.6 Å². The molecule has 166 valence electrons. The van der Waals surface area contributed by atoms with Gasteiger partial charge in [0.1, 0.15) is 6.54 Å². The van der Waals surface area contributed by atoms with E-state index in [0.717, 1.165) is 9.69 Å². The highest BCUT2D eigenvalue weighted by Crippen LogP contribution is 2.41. The maximum Gasteiger partial charge on any atom is 0.265 e. The Morgan fingerprint density at radius 3 is 2.38 bits per heavy atom. The lowest BCUT2D eigenvalue weighted by atomic mass is 10.1. The van der Waals surface area contributed by atoms with Crippen LogP contribution in [0, 0.1) is 0 Å². The lowest BCUT2D eigenvalue weighted by molar-refractivity contribution is -0.114. The highest BCUT2D eigenvalue weighted by molar-refractivity contribution is 7.93. The number of hydrogen-bond donors (Lipinski definition) is 1. The van der Waals surface area contributed by atoms with Gasteiger partial charge in [0.15, 0.2) is 0 Å². The van der Waals surface area contributed by atoms with Crippen LogP contribution in [-0.2, 0) is 14.8 Å². The fourth-order valence-corrected chi connectivity index (χ4v) is 5.83. The third-order valence-corrected chi connectivity index (χ3v) is 7.62. The molecule has 0 spiro atoms. The van der Waals surface area contributed by atoms with Gasteiger partial charge in [0.05, 0.1) is 21.2 Å². The smallest absolute Gasteiger partial charge is 0.265 e. The van der Waals surface area contributed by atoms with Crippen LogP contribution in [0.1, 0.15) is 24.2 Å². The fraction of sp³-hybridized carbons (Fsp3) is 0.217. The molecule has 0 saturated carbocycles. The molecule has 0 aliphatic carbocycles. The Morgan fingerprint density at radius 1 is 1.03 bits per heavy atom. The third kappa shape index (κ3) is 3.69. The van der Waals surface area contributed by atoms with Gasteiger partial charge in [-0.25, -0.2) is 8.42 Å². The van der Waals surface area contributed by atoms with E-state index in [0.29, 0.717) is 35.4 Å². The minimum Gasteiger partial charge on any atom is -0.339 e. The van der Waals surface area contributed by atoms with E-state index in [1.54, 1.807) is 41.3 Å². The van der Waals surface area contributed by atoms with Gasteiger partial charge >= 0.3 is 0 Å². The first-order valence-electron chi connectivity index (χ1n) is 10.2. The van der Waals surface area contributed by atoms with Crippen LogP contribution in [0.25, 0.3) is 10.8 Å². The second kappa shape index (κ2) is 8.44. The van der Waals surface area contributed by atoms with Gasteiger partial charge in [0.2, 0.25) is 5.91 Å². The van der Waals surface area contributed by atoms with Gasteiger partial charge < -0.3 is 10.2 Å². The molecule has 1 heterocycles. The van der Waals surface area contributed by atoms with Crippen molar-refractivity contribution in [1.82, 2.24) is 4.90 Å². The molecule has 3 aromatic rings. The molecule has 1 aliphatic heterocycles. The average Bonchev–Trinajstić information content (AvgIpc) is 2.98. The molecular weight excluding hydrogens is 450 g/mol. The summed E-state index contributed by atoms with van der Waals surface area (Å²) in [7, 11) is -3.83. The lowest BCUT2D eigenvalue weighted by Crippen LogP contribution is -2.35. The Hall–Kier alpha value is -3.10. The van der Waals surface area contributed by atoms with Gasteiger partial charge in [0.25, 0.3) is 15.9 Å². The summed E-state index contributed by atoms with van der Waals surface area (Å²) in [5.74, 6) is -0.704. The van der Waals surface area contributed by atoms with Crippen molar-refractivity contribution in [2.45, 2.75) is 18.7 Å². The molecule has 1 aliphatic rings. The van der Waals surface area contributed by atoms with Crippen molar-refractivity contribution in [2.75, 3.05) is 29.3 Å². The van der Waals surface area contributed by atoms with E-state index in [1.807, 2.05) is 26.0 Å². The molecule has 0 radical (unpaired) electrons. The minimum atomic E-state index is -3.83. The van der Waals surface area contributed by atoms with Crippen molar-refractivity contribution in [2.24, 2.45) is 0 Å². The molecule has 0 unspecified atom stereocenters. The van der Waals surface area contributed by atoms with Crippen LogP contribution in [0.15, 0.2) is 59.5 Å². The Bertz CT molecular complexity index is 1330. The third-order valence-electron chi connectivity index (χ3n) is 5.50. The summed E-state index contributed by atoms with van der Waals surface area (Å²) in [5.41, 5.74) is 1.20. The van der Waals surface area contributed by atoms with E-state index in [2.05, 4.69) is 5.32 Å². The number of rotatable bonds is 6. The van der Waals surface area contributed by atoms with Crippen LogP contribution >= 0.6 is 11.6 Å². The molecule has 0 atom stereocenters. The largest absolute Gasteiger partial charge is 0.339 e. The first kappa shape index (κ1) is 22.1. The number of carbonyl (C=O) groups excluding carboxylic acids is 2. The standard InChI is InChI=1S/C23H22ClN3O4S/c1-3-26(4-2)23(29)17-12-11-16(13-18(17)24)25-21(28)14-27-19-9-5-7-15-8-6-10-20(22(15)19)32(27,30)31/h5-13H,3-4,14H2,1-2H3,(H,25,28). The van der Waals surface area contributed by atoms with Crippen LogP contribution in [0.5, 0.6) is 0 Å². The summed E-state index contributed by atoms with van der Waals surface area (Å²) < 4.78 is 27.2. The average molecular weight is 472 g/mol. The zero-order valence-corrected chi connectivity index (χ0v) is 19.2. The Morgan fingerprint density at radius 2 is 1.72 bits per heavy atom. The van der Waals surface area contributed by atoms with Gasteiger partial charge in [-0.1, -0.05) is 35.9 Å². The summed E-state index contributed by atoms with van der Waals surface area (Å²) in [6, 6.07) is 15.0. The summed E-state index contributed by atoms with van der Waals surface area (Å²) >= 11 is 6.29. The number of halogens is 1. The predicted molar refractivity (Wildman–Crippen MR) is 126 cm³/mol. The number of sulfonamides is 1. The van der Waals surface area contributed by atoms with Gasteiger partial charge in [-0.2, -0.15) is 0 Å². The number of carbonyl (C=O) groups is 2. The van der Waals surface area contributed by atoms with Gasteiger partial charge in [-0.05, 0) is 49.6 Å². The first-order chi connectivity index (χ1) is 15.3. The number of amides is 2. The van der Waals surface area contributed by atoms with E-state index in [1.165, 1.54) is 6.07 Å². The maximum atomic E-state index is 13.0. The number of hydrogen-bond acceptors (Lipinski definition) is 4. The highest BCUT2D eigenvalue weighted by Gasteiger charge is 2.36. The Balaban J connectivity index is 1.55. The lowest BCUT2D eigenvalue weighted by Gasteiger charge is -2.20. The van der Waals surface area contributed by atoms with Gasteiger partial charge in [-0.3, -0.25) is 13.9 Å². The second-order valence-electron chi connectivity index (χ2n) is 7.36. The van der Waals surface area contributed by atoms with Crippen molar-refractivity contribution in [3.63, 3.8) is 0 Å². The van der Waals surface area contributed by atoms with E-state index >= 15 is 0 Å². The van der Waals surface area contributed by atoms with Crippen molar-refractivity contribution in [3.05, 3.63) is 65.2 Å². The summed E-state index contributed by atoms with van der Waals surface area (Å²) in [6.45, 7) is 4.51. The molecule has 3 aromatic carbocycles. The predicted octanol–water partition coefficient (Wildman–Crippen LogP) is 4.12. The summed E-state index contributed by atoms with van der Waals surface area (Å²) in [4.78, 5) is 27.1. The molecule has 32 heavy (non-hydrogen) atoms. The molecular formula is C23H22ClN3O4S. The minimum absolute atomic E-state index is 0.188. The molecule has 1 N–H and O–H groups in total. The molecule has 0 aromatic heterocycles. The summed E-state index contributed by atoms with van der Waals surface area (Å²) in [6.07, 6.45) is 0. The van der Waals surface area contributed by atoms with Gasteiger partial charge in [-0.15, -0.1) is 0 Å². The number of anilines is 2. The van der Waals surface area contributed by atoms with Crippen LogP contribution in [0.2, 0.25) is 5.02 Å². The first-order valence-corrected chi connectivity index (χ1v) is 12.0. The molecule has 9 heteroatoms. The Kier molecular flexibility index (Phi) is 5.83. The van der Waals surface area contributed by atoms with Crippen LogP contribution in [-0.4, -0.2) is 44.8 Å². The Labute approximate surface area is 191 Å². The zero-order chi connectivity index (χ0) is 23.0. The quantitative estimate of drug-likeness (QED) is 0.585. The number of nitrogens with one attached hydrogen (secondary N) is 1. The van der Waals surface area contributed by atoms with Crippen LogP contribution in [0.4, 0.5) is 11.4 Å². The number of nitrogens with zero attached hydrogens (tertiary/aromatic N) is 2. The van der Waals surface area contributed by atoms with Crippen molar-refractivity contribution in [3.8, 4) is 0 Å². The van der Waals surface area contributed by atoms with E-state index in [9.17, 15) is 18.0 Å². The molecule has 0 saturated heterocycles. The normalized spacial score (nSPS) is 13.9. The monoisotopic (exact) mass is 471 g/mol. The zero-order valence-electron chi connectivity index (χ0n) is 17.6. The SMILES string of the molecule is CCN(CC)C(=O)c1ccc(NC(=O)CN2c3cccc4cccc(c34)S2(=O)=O)cc1Cl. The summed E-state index contributed by atoms with van der Waals surface area (Å²) in [5, 5.41) is 4.30. The molecule has 7 nitrogen and oxygen atoms in total. The molecule has 4 rings (SSSR count). The highest BCUT2D eigenvalue weighted by atomic mass is 35.5. The molecule has 0 fully saturated rings. The van der Waals surface area contributed by atoms with Crippen LogP contribution in [0.3, 0.4) is 0 Å². The van der Waals surface area contributed by atoms with Crippen molar-refractivity contribution < 1.29 is 18.0 Å². The topological polar surface area (TPSA) is 86.8 Å².